The molecule has 3 aromatic heterocycles. The van der Waals surface area contributed by atoms with Gasteiger partial charge in [0.2, 0.25) is 0 Å². The fraction of sp³-hybridized carbons (Fsp3) is 0.190. The minimum atomic E-state index is 0.125. The number of aromatic amines is 1. The average molecular weight is 394 g/mol. The molecule has 0 spiro atoms. The van der Waals surface area contributed by atoms with Crippen LogP contribution in [0.15, 0.2) is 58.7 Å². The highest BCUT2D eigenvalue weighted by atomic mass is 32.1. The minimum absolute atomic E-state index is 0.125. The molecule has 136 valence electrons. The van der Waals surface area contributed by atoms with Crippen LogP contribution < -0.4 is 4.90 Å². The van der Waals surface area contributed by atoms with Crippen molar-refractivity contribution in [2.24, 2.45) is 0 Å². The lowest BCUT2D eigenvalue weighted by Gasteiger charge is -2.35. The highest BCUT2D eigenvalue weighted by molar-refractivity contribution is 7.13. The van der Waals surface area contributed by atoms with E-state index in [0.29, 0.717) is 0 Å². The number of hydrogen-bond donors (Lipinski definition) is 1. The van der Waals surface area contributed by atoms with Gasteiger partial charge in [0.05, 0.1) is 0 Å². The first-order chi connectivity index (χ1) is 13.3. The lowest BCUT2D eigenvalue weighted by Crippen LogP contribution is -2.48. The Morgan fingerprint density at radius 3 is 2.67 bits per heavy atom. The third-order valence-electron chi connectivity index (χ3n) is 5.15. The van der Waals surface area contributed by atoms with E-state index in [-0.39, 0.29) is 5.91 Å². The van der Waals surface area contributed by atoms with Gasteiger partial charge in [-0.15, -0.1) is 11.3 Å². The number of carbonyl (C=O) groups excluding carboxylic acids is 1. The van der Waals surface area contributed by atoms with Crippen molar-refractivity contribution in [2.75, 3.05) is 31.1 Å². The molecule has 6 heteroatoms. The quantitative estimate of drug-likeness (QED) is 0.537. The largest absolute Gasteiger partial charge is 0.367 e. The highest BCUT2D eigenvalue weighted by Gasteiger charge is 2.23. The van der Waals surface area contributed by atoms with E-state index in [2.05, 4.69) is 44.2 Å². The number of benzene rings is 1. The van der Waals surface area contributed by atoms with E-state index in [1.54, 1.807) is 22.7 Å². The number of aromatic nitrogens is 1. The smallest absolute Gasteiger partial charge is 0.253 e. The van der Waals surface area contributed by atoms with Gasteiger partial charge in [0.15, 0.2) is 0 Å². The molecule has 0 saturated carbocycles. The molecule has 4 heterocycles. The number of fused-ring (bicyclic) bond motifs is 1. The molecule has 1 aliphatic heterocycles. The normalized spacial score (nSPS) is 14.8. The van der Waals surface area contributed by atoms with Crippen molar-refractivity contribution in [1.82, 2.24) is 9.88 Å². The molecule has 4 nitrogen and oxygen atoms in total. The van der Waals surface area contributed by atoms with E-state index in [0.717, 1.165) is 48.2 Å². The number of carbonyl (C=O) groups is 1. The summed E-state index contributed by atoms with van der Waals surface area (Å²) in [5, 5.41) is 7.46. The molecule has 0 unspecified atom stereocenters. The predicted molar refractivity (Wildman–Crippen MR) is 114 cm³/mol. The third kappa shape index (κ3) is 3.05. The van der Waals surface area contributed by atoms with Crippen molar-refractivity contribution in [3.63, 3.8) is 0 Å². The van der Waals surface area contributed by atoms with Crippen LogP contribution in [0.4, 0.5) is 5.69 Å². The molecule has 1 aliphatic rings. The van der Waals surface area contributed by atoms with E-state index >= 15 is 0 Å². The Kier molecular flexibility index (Phi) is 4.22. The molecular weight excluding hydrogens is 374 g/mol. The van der Waals surface area contributed by atoms with Crippen molar-refractivity contribution in [3.05, 3.63) is 64.3 Å². The molecule has 0 radical (unpaired) electrons. The maximum Gasteiger partial charge on any atom is 0.253 e. The average Bonchev–Trinajstić information content (AvgIpc) is 3.48. The summed E-state index contributed by atoms with van der Waals surface area (Å²) in [5.41, 5.74) is 4.26. The van der Waals surface area contributed by atoms with Crippen LogP contribution in [0.5, 0.6) is 0 Å². The van der Waals surface area contributed by atoms with E-state index < -0.39 is 0 Å². The lowest BCUT2D eigenvalue weighted by atomic mass is 10.1. The molecule has 5 rings (SSSR count). The Labute approximate surface area is 165 Å². The van der Waals surface area contributed by atoms with E-state index in [1.807, 2.05) is 29.3 Å². The summed E-state index contributed by atoms with van der Waals surface area (Å²) in [6.45, 7) is 3.29. The second-order valence-corrected chi connectivity index (χ2v) is 8.43. The molecule has 0 bridgehead atoms. The van der Waals surface area contributed by atoms with Crippen molar-refractivity contribution >= 4 is 45.2 Å². The van der Waals surface area contributed by atoms with Gasteiger partial charge >= 0.3 is 0 Å². The van der Waals surface area contributed by atoms with Gasteiger partial charge in [0, 0.05) is 70.4 Å². The van der Waals surface area contributed by atoms with Crippen LogP contribution in [0, 0.1) is 0 Å². The zero-order chi connectivity index (χ0) is 18.2. The number of H-pyrrole nitrogens is 1. The summed E-state index contributed by atoms with van der Waals surface area (Å²) in [6.07, 6.45) is 2.03. The second kappa shape index (κ2) is 6.87. The first-order valence-electron chi connectivity index (χ1n) is 9.01. The number of rotatable bonds is 3. The summed E-state index contributed by atoms with van der Waals surface area (Å²) < 4.78 is 0. The van der Waals surface area contributed by atoms with Crippen LogP contribution in [-0.4, -0.2) is 42.0 Å². The Morgan fingerprint density at radius 1 is 1.04 bits per heavy atom. The van der Waals surface area contributed by atoms with Crippen LogP contribution in [0.25, 0.3) is 21.3 Å². The predicted octanol–water partition coefficient (Wildman–Crippen LogP) is 4.92. The van der Waals surface area contributed by atoms with Crippen LogP contribution >= 0.6 is 22.7 Å². The van der Waals surface area contributed by atoms with Gasteiger partial charge in [0.1, 0.15) is 0 Å². The Bertz CT molecular complexity index is 1060. The van der Waals surface area contributed by atoms with Gasteiger partial charge in [-0.1, -0.05) is 6.07 Å². The van der Waals surface area contributed by atoms with Crippen molar-refractivity contribution in [1.29, 1.82) is 0 Å². The number of piperazine rings is 1. The maximum atomic E-state index is 13.1. The molecule has 1 N–H and O–H groups in total. The molecule has 1 aromatic carbocycles. The van der Waals surface area contributed by atoms with Crippen molar-refractivity contribution in [3.8, 4) is 10.4 Å². The molecule has 1 fully saturated rings. The monoisotopic (exact) mass is 393 g/mol. The van der Waals surface area contributed by atoms with Gasteiger partial charge in [-0.2, -0.15) is 11.3 Å². The molecule has 27 heavy (non-hydrogen) atoms. The third-order valence-corrected chi connectivity index (χ3v) is 6.73. The summed E-state index contributed by atoms with van der Waals surface area (Å²) >= 11 is 3.43. The number of anilines is 1. The fourth-order valence-electron chi connectivity index (χ4n) is 3.68. The summed E-state index contributed by atoms with van der Waals surface area (Å²) in [7, 11) is 0. The van der Waals surface area contributed by atoms with Crippen molar-refractivity contribution in [2.45, 2.75) is 0 Å². The first kappa shape index (κ1) is 16.6. The topological polar surface area (TPSA) is 39.3 Å². The number of thiophene rings is 2. The molecule has 0 atom stereocenters. The number of hydrogen-bond acceptors (Lipinski definition) is 4. The van der Waals surface area contributed by atoms with Crippen molar-refractivity contribution < 1.29 is 4.79 Å². The number of nitrogens with one attached hydrogen (secondary N) is 1. The number of amides is 1. The Morgan fingerprint density at radius 2 is 1.93 bits per heavy atom. The van der Waals surface area contributed by atoms with Gasteiger partial charge in [-0.05, 0) is 41.1 Å². The van der Waals surface area contributed by atoms with Gasteiger partial charge in [-0.3, -0.25) is 4.79 Å². The van der Waals surface area contributed by atoms with E-state index in [1.165, 1.54) is 10.6 Å². The lowest BCUT2D eigenvalue weighted by molar-refractivity contribution is 0.0747. The highest BCUT2D eigenvalue weighted by Crippen LogP contribution is 2.32. The Hall–Kier alpha value is -2.57. The fourth-order valence-corrected chi connectivity index (χ4v) is 5.10. The zero-order valence-electron chi connectivity index (χ0n) is 14.7. The maximum absolute atomic E-state index is 13.1. The molecular formula is C21H19N3OS2. The minimum Gasteiger partial charge on any atom is -0.367 e. The van der Waals surface area contributed by atoms with Crippen LogP contribution in [0.3, 0.4) is 0 Å². The summed E-state index contributed by atoms with van der Waals surface area (Å²) in [6, 6.07) is 12.3. The first-order valence-corrected chi connectivity index (χ1v) is 10.8. The van der Waals surface area contributed by atoms with E-state index in [4.69, 9.17) is 0 Å². The summed E-state index contributed by atoms with van der Waals surface area (Å²) in [4.78, 5) is 21.9. The summed E-state index contributed by atoms with van der Waals surface area (Å²) in [5.74, 6) is 0.125. The Balaban J connectivity index is 1.37. The SMILES string of the molecule is O=C(c1ccc2[nH]cc(-c3cccs3)c2c1)N1CCN(c2ccsc2)CC1. The van der Waals surface area contributed by atoms with Gasteiger partial charge in [-0.25, -0.2) is 0 Å². The van der Waals surface area contributed by atoms with Crippen LogP contribution in [0.1, 0.15) is 10.4 Å². The van der Waals surface area contributed by atoms with Crippen LogP contribution in [-0.2, 0) is 0 Å². The van der Waals surface area contributed by atoms with E-state index in [9.17, 15) is 4.79 Å². The molecule has 4 aromatic rings. The van der Waals surface area contributed by atoms with Gasteiger partial charge < -0.3 is 14.8 Å². The second-order valence-electron chi connectivity index (χ2n) is 6.70. The zero-order valence-corrected chi connectivity index (χ0v) is 16.4. The standard InChI is InChI=1S/C21H19N3OS2/c25-21(24-8-6-23(7-9-24)16-5-11-26-14-16)15-3-4-19-17(12-15)18(13-22-19)20-2-1-10-27-20/h1-5,10-14,22H,6-9H2. The molecule has 1 amide bonds. The van der Waals surface area contributed by atoms with Crippen LogP contribution in [0.2, 0.25) is 0 Å². The number of nitrogens with zero attached hydrogens (tertiary/aromatic N) is 2. The molecule has 0 aliphatic carbocycles. The molecule has 1 saturated heterocycles. The van der Waals surface area contributed by atoms with Gasteiger partial charge in [0.25, 0.3) is 5.91 Å².